The van der Waals surface area contributed by atoms with Crippen molar-refractivity contribution in [3.63, 3.8) is 0 Å². The molecular weight excluding hydrogens is 316 g/mol. The van der Waals surface area contributed by atoms with Crippen LogP contribution in [0.4, 0.5) is 0 Å². The number of rotatable bonds is 1. The lowest BCUT2D eigenvalue weighted by molar-refractivity contribution is 0.590. The van der Waals surface area contributed by atoms with Crippen LogP contribution in [0.3, 0.4) is 0 Å². The summed E-state index contributed by atoms with van der Waals surface area (Å²) in [5.74, 6) is 0.808. The average Bonchev–Trinajstić information content (AvgIpc) is 2.59. The summed E-state index contributed by atoms with van der Waals surface area (Å²) in [7, 11) is 0. The number of aromatic nitrogens is 2. The molecule has 0 aliphatic carbocycles. The fourth-order valence-corrected chi connectivity index (χ4v) is 3.55. The highest BCUT2D eigenvalue weighted by molar-refractivity contribution is 6.09. The molecule has 0 aliphatic heterocycles. The third-order valence-corrected chi connectivity index (χ3v) is 4.92. The first kappa shape index (κ1) is 16.7. The molecule has 0 amide bonds. The zero-order valence-electron chi connectivity index (χ0n) is 16.1. The predicted molar refractivity (Wildman–Crippen MR) is 111 cm³/mol. The number of fused-ring (bicyclic) bond motifs is 3. The molecular formula is C24H24N2. The van der Waals surface area contributed by atoms with Crippen LogP contribution in [0.25, 0.3) is 32.9 Å². The minimum absolute atomic E-state index is 0.103. The Balaban J connectivity index is 2.07. The molecule has 1 heterocycles. The van der Waals surface area contributed by atoms with Gasteiger partial charge in [0.05, 0.1) is 11.2 Å². The molecule has 2 nitrogen and oxygen atoms in total. The van der Waals surface area contributed by atoms with Crippen molar-refractivity contribution in [2.24, 2.45) is 0 Å². The van der Waals surface area contributed by atoms with Gasteiger partial charge in [-0.05, 0) is 48.4 Å². The van der Waals surface area contributed by atoms with Crippen molar-refractivity contribution in [2.45, 2.75) is 40.0 Å². The van der Waals surface area contributed by atoms with Gasteiger partial charge in [0.2, 0.25) is 0 Å². The highest BCUT2D eigenvalue weighted by Crippen LogP contribution is 2.34. The average molecular weight is 340 g/mol. The summed E-state index contributed by atoms with van der Waals surface area (Å²) in [4.78, 5) is 9.60. The van der Waals surface area contributed by atoms with Crippen molar-refractivity contribution in [2.75, 3.05) is 0 Å². The van der Waals surface area contributed by atoms with Gasteiger partial charge in [-0.15, -0.1) is 0 Å². The van der Waals surface area contributed by atoms with Crippen LogP contribution in [0.5, 0.6) is 0 Å². The maximum absolute atomic E-state index is 4.83. The molecule has 2 heteroatoms. The number of aryl methyl sites for hydroxylation is 2. The van der Waals surface area contributed by atoms with Crippen LogP contribution >= 0.6 is 0 Å². The fraction of sp³-hybridized carbons (Fsp3) is 0.250. The smallest absolute Gasteiger partial charge is 0.126 e. The lowest BCUT2D eigenvalue weighted by Crippen LogP contribution is -2.11. The molecule has 26 heavy (non-hydrogen) atoms. The van der Waals surface area contributed by atoms with Crippen molar-refractivity contribution in [3.05, 3.63) is 71.5 Å². The minimum Gasteiger partial charge on any atom is -0.233 e. The van der Waals surface area contributed by atoms with Crippen molar-refractivity contribution in [3.8, 4) is 11.3 Å². The van der Waals surface area contributed by atoms with Gasteiger partial charge in [-0.1, -0.05) is 62.7 Å². The van der Waals surface area contributed by atoms with Crippen molar-refractivity contribution in [1.82, 2.24) is 9.97 Å². The Morgan fingerprint density at radius 1 is 0.769 bits per heavy atom. The molecule has 0 radical (unpaired) electrons. The van der Waals surface area contributed by atoms with Crippen LogP contribution in [0.2, 0.25) is 0 Å². The first-order chi connectivity index (χ1) is 12.3. The SMILES string of the molecule is Cc1cc(-c2nc(C)nc3c2ccc2ccccc23)cc(C(C)(C)C)c1. The van der Waals surface area contributed by atoms with Crippen LogP contribution in [0.1, 0.15) is 37.7 Å². The van der Waals surface area contributed by atoms with E-state index in [0.29, 0.717) is 0 Å². The second-order valence-electron chi connectivity index (χ2n) is 8.14. The standard InChI is InChI=1S/C24H24N2/c1-15-12-18(14-19(13-15)24(3,4)5)22-21-11-10-17-8-6-7-9-20(17)23(21)26-16(2)25-22/h6-14H,1-5H3. The van der Waals surface area contributed by atoms with Gasteiger partial charge in [0.1, 0.15) is 5.82 Å². The lowest BCUT2D eigenvalue weighted by Gasteiger charge is -2.21. The molecule has 0 spiro atoms. The maximum Gasteiger partial charge on any atom is 0.126 e. The second-order valence-corrected chi connectivity index (χ2v) is 8.14. The number of nitrogens with zero attached hydrogens (tertiary/aromatic N) is 2. The number of hydrogen-bond acceptors (Lipinski definition) is 2. The zero-order valence-corrected chi connectivity index (χ0v) is 16.1. The summed E-state index contributed by atoms with van der Waals surface area (Å²) < 4.78 is 0. The molecule has 130 valence electrons. The van der Waals surface area contributed by atoms with Gasteiger partial charge < -0.3 is 0 Å². The molecule has 0 aliphatic rings. The van der Waals surface area contributed by atoms with Crippen LogP contribution in [0, 0.1) is 13.8 Å². The molecule has 0 unspecified atom stereocenters. The van der Waals surface area contributed by atoms with E-state index in [1.807, 2.05) is 6.92 Å². The van der Waals surface area contributed by atoms with Gasteiger partial charge in [0.25, 0.3) is 0 Å². The molecule has 0 N–H and O–H groups in total. The van der Waals surface area contributed by atoms with E-state index in [2.05, 4.69) is 82.3 Å². The molecule has 0 bridgehead atoms. The highest BCUT2D eigenvalue weighted by Gasteiger charge is 2.17. The van der Waals surface area contributed by atoms with E-state index in [-0.39, 0.29) is 5.41 Å². The van der Waals surface area contributed by atoms with E-state index in [9.17, 15) is 0 Å². The lowest BCUT2D eigenvalue weighted by atomic mass is 9.84. The van der Waals surface area contributed by atoms with Gasteiger partial charge in [-0.3, -0.25) is 0 Å². The molecule has 4 rings (SSSR count). The van der Waals surface area contributed by atoms with Gasteiger partial charge in [0, 0.05) is 16.3 Å². The molecule has 0 fully saturated rings. The van der Waals surface area contributed by atoms with Crippen molar-refractivity contribution >= 4 is 21.7 Å². The zero-order chi connectivity index (χ0) is 18.5. The van der Waals surface area contributed by atoms with E-state index in [1.165, 1.54) is 27.5 Å². The largest absolute Gasteiger partial charge is 0.233 e. The Kier molecular flexibility index (Phi) is 3.80. The summed E-state index contributed by atoms with van der Waals surface area (Å²) in [6, 6.07) is 19.5. The normalized spacial score (nSPS) is 12.0. The molecule has 3 aromatic carbocycles. The number of hydrogen-bond donors (Lipinski definition) is 0. The van der Waals surface area contributed by atoms with E-state index >= 15 is 0 Å². The summed E-state index contributed by atoms with van der Waals surface area (Å²) >= 11 is 0. The molecule has 0 atom stereocenters. The fourth-order valence-electron chi connectivity index (χ4n) is 3.55. The highest BCUT2D eigenvalue weighted by atomic mass is 14.9. The number of benzene rings is 3. The van der Waals surface area contributed by atoms with Crippen molar-refractivity contribution < 1.29 is 0 Å². The Labute approximate surface area is 154 Å². The Morgan fingerprint density at radius 3 is 2.31 bits per heavy atom. The van der Waals surface area contributed by atoms with Crippen LogP contribution in [-0.4, -0.2) is 9.97 Å². The van der Waals surface area contributed by atoms with Gasteiger partial charge in [-0.25, -0.2) is 9.97 Å². The second kappa shape index (κ2) is 5.91. The molecule has 0 saturated carbocycles. The Hall–Kier alpha value is -2.74. The third kappa shape index (κ3) is 2.86. The van der Waals surface area contributed by atoms with Crippen molar-refractivity contribution in [1.29, 1.82) is 0 Å². The first-order valence-corrected chi connectivity index (χ1v) is 9.11. The van der Waals surface area contributed by atoms with Gasteiger partial charge in [-0.2, -0.15) is 0 Å². The topological polar surface area (TPSA) is 25.8 Å². The summed E-state index contributed by atoms with van der Waals surface area (Å²) in [5.41, 5.74) is 5.92. The Morgan fingerprint density at radius 2 is 1.54 bits per heavy atom. The molecule has 0 saturated heterocycles. The minimum atomic E-state index is 0.103. The molecule has 1 aromatic heterocycles. The van der Waals surface area contributed by atoms with E-state index in [4.69, 9.17) is 9.97 Å². The monoisotopic (exact) mass is 340 g/mol. The quantitative estimate of drug-likeness (QED) is 0.377. The maximum atomic E-state index is 4.83. The third-order valence-electron chi connectivity index (χ3n) is 4.92. The molecule has 4 aromatic rings. The summed E-state index contributed by atoms with van der Waals surface area (Å²) in [6.07, 6.45) is 0. The van der Waals surface area contributed by atoms with E-state index in [0.717, 1.165) is 22.4 Å². The summed E-state index contributed by atoms with van der Waals surface area (Å²) in [5, 5.41) is 3.50. The predicted octanol–water partition coefficient (Wildman–Crippen LogP) is 6.36. The summed E-state index contributed by atoms with van der Waals surface area (Å²) in [6.45, 7) is 10.9. The van der Waals surface area contributed by atoms with Crippen LogP contribution in [0.15, 0.2) is 54.6 Å². The Bertz CT molecular complexity index is 1130. The van der Waals surface area contributed by atoms with Gasteiger partial charge >= 0.3 is 0 Å². The van der Waals surface area contributed by atoms with E-state index < -0.39 is 0 Å². The van der Waals surface area contributed by atoms with E-state index in [1.54, 1.807) is 0 Å². The first-order valence-electron chi connectivity index (χ1n) is 9.11. The van der Waals surface area contributed by atoms with Crippen LogP contribution < -0.4 is 0 Å². The van der Waals surface area contributed by atoms with Gasteiger partial charge in [0.15, 0.2) is 0 Å². The van der Waals surface area contributed by atoms with Crippen LogP contribution in [-0.2, 0) is 5.41 Å².